The van der Waals surface area contributed by atoms with Crippen molar-refractivity contribution in [3.63, 3.8) is 0 Å². The van der Waals surface area contributed by atoms with Gasteiger partial charge in [-0.25, -0.2) is 0 Å². The third-order valence-corrected chi connectivity index (χ3v) is 5.59. The Bertz CT molecular complexity index is 958. The Labute approximate surface area is 186 Å². The van der Waals surface area contributed by atoms with Gasteiger partial charge in [0.1, 0.15) is 21.6 Å². The lowest BCUT2D eigenvalue weighted by Gasteiger charge is -2.10. The quantitative estimate of drug-likeness (QED) is 0.226. The minimum absolute atomic E-state index is 0.0917. The molecule has 0 saturated carbocycles. The topological polar surface area (TPSA) is 48.0 Å². The number of thioether (sulfide) groups is 1. The summed E-state index contributed by atoms with van der Waals surface area (Å²) in [4.78, 5) is 14.6. The monoisotopic (exact) mass is 441 g/mol. The Balaban J connectivity index is 1.50. The number of hydrogen-bond donors (Lipinski definition) is 0. The fourth-order valence-electron chi connectivity index (χ4n) is 2.76. The maximum absolute atomic E-state index is 12.4. The van der Waals surface area contributed by atoms with Crippen LogP contribution >= 0.6 is 24.0 Å². The van der Waals surface area contributed by atoms with E-state index in [2.05, 4.69) is 6.58 Å². The van der Waals surface area contributed by atoms with Crippen molar-refractivity contribution in [2.45, 2.75) is 6.42 Å². The number of rotatable bonds is 10. The van der Waals surface area contributed by atoms with Crippen LogP contribution in [0.15, 0.2) is 66.1 Å². The first-order valence-electron chi connectivity index (χ1n) is 9.46. The van der Waals surface area contributed by atoms with E-state index in [1.54, 1.807) is 18.1 Å². The highest BCUT2D eigenvalue weighted by Crippen LogP contribution is 2.32. The van der Waals surface area contributed by atoms with Gasteiger partial charge >= 0.3 is 0 Å². The van der Waals surface area contributed by atoms with Crippen LogP contribution in [0.4, 0.5) is 0 Å². The first-order chi connectivity index (χ1) is 14.6. The Morgan fingerprint density at radius 3 is 2.43 bits per heavy atom. The molecule has 1 amide bonds. The molecule has 2 aromatic rings. The van der Waals surface area contributed by atoms with E-state index in [4.69, 9.17) is 26.4 Å². The lowest BCUT2D eigenvalue weighted by Crippen LogP contribution is -2.27. The molecule has 1 aliphatic heterocycles. The van der Waals surface area contributed by atoms with Crippen molar-refractivity contribution in [2.75, 3.05) is 26.9 Å². The van der Waals surface area contributed by atoms with Crippen molar-refractivity contribution in [1.82, 2.24) is 4.90 Å². The van der Waals surface area contributed by atoms with Gasteiger partial charge in [0.2, 0.25) is 0 Å². The van der Waals surface area contributed by atoms with E-state index >= 15 is 0 Å². The molecule has 0 N–H and O–H groups in total. The summed E-state index contributed by atoms with van der Waals surface area (Å²) in [5.74, 6) is 2.18. The highest BCUT2D eigenvalue weighted by atomic mass is 32.2. The van der Waals surface area contributed by atoms with Gasteiger partial charge < -0.3 is 14.2 Å². The zero-order valence-corrected chi connectivity index (χ0v) is 18.3. The van der Waals surface area contributed by atoms with Crippen molar-refractivity contribution in [2.24, 2.45) is 0 Å². The smallest absolute Gasteiger partial charge is 0.266 e. The van der Waals surface area contributed by atoms with Crippen molar-refractivity contribution in [3.05, 3.63) is 71.7 Å². The molecule has 0 spiro atoms. The lowest BCUT2D eigenvalue weighted by molar-refractivity contribution is -0.121. The zero-order valence-electron chi connectivity index (χ0n) is 16.7. The van der Waals surface area contributed by atoms with E-state index in [0.717, 1.165) is 29.2 Å². The molecule has 5 nitrogen and oxygen atoms in total. The fraction of sp³-hybridized carbons (Fsp3) is 0.217. The van der Waals surface area contributed by atoms with Crippen LogP contribution in [0.5, 0.6) is 17.2 Å². The van der Waals surface area contributed by atoms with Crippen molar-refractivity contribution < 1.29 is 19.0 Å². The number of thiocarbonyl (C=S) groups is 1. The van der Waals surface area contributed by atoms with Gasteiger partial charge in [0, 0.05) is 19.0 Å². The molecule has 0 unspecified atom stereocenters. The molecule has 2 aromatic carbocycles. The number of ether oxygens (including phenoxy) is 3. The Morgan fingerprint density at radius 2 is 1.73 bits per heavy atom. The molecular formula is C23H23NO4S2. The van der Waals surface area contributed by atoms with Gasteiger partial charge in [-0.15, -0.1) is 6.58 Å². The summed E-state index contributed by atoms with van der Waals surface area (Å²) in [5.41, 5.74) is 0.888. The average molecular weight is 442 g/mol. The second kappa shape index (κ2) is 10.8. The minimum atomic E-state index is -0.0917. The normalized spacial score (nSPS) is 14.8. The van der Waals surface area contributed by atoms with Crippen LogP contribution in [0.2, 0.25) is 0 Å². The van der Waals surface area contributed by atoms with E-state index in [9.17, 15) is 4.79 Å². The molecule has 0 atom stereocenters. The Morgan fingerprint density at radius 1 is 1.07 bits per heavy atom. The molecule has 1 fully saturated rings. The third kappa shape index (κ3) is 5.87. The molecule has 1 aliphatic rings. The zero-order chi connectivity index (χ0) is 21.3. The summed E-state index contributed by atoms with van der Waals surface area (Å²) < 4.78 is 17.3. The van der Waals surface area contributed by atoms with Crippen LogP contribution in [0.1, 0.15) is 12.0 Å². The summed E-state index contributed by atoms with van der Waals surface area (Å²) >= 11 is 6.57. The van der Waals surface area contributed by atoms with Gasteiger partial charge in [-0.3, -0.25) is 9.69 Å². The van der Waals surface area contributed by atoms with Crippen molar-refractivity contribution >= 4 is 40.3 Å². The molecule has 0 bridgehead atoms. The van der Waals surface area contributed by atoms with E-state index in [0.29, 0.717) is 29.0 Å². The minimum Gasteiger partial charge on any atom is -0.497 e. The molecule has 7 heteroatoms. The number of hydrogen-bond acceptors (Lipinski definition) is 6. The van der Waals surface area contributed by atoms with Crippen LogP contribution in [0.25, 0.3) is 6.08 Å². The number of methoxy groups -OCH3 is 1. The number of nitrogens with zero attached hydrogens (tertiary/aromatic N) is 1. The largest absolute Gasteiger partial charge is 0.497 e. The predicted molar refractivity (Wildman–Crippen MR) is 125 cm³/mol. The highest BCUT2D eigenvalue weighted by Gasteiger charge is 2.30. The van der Waals surface area contributed by atoms with Gasteiger partial charge in [-0.05, 0) is 35.9 Å². The summed E-state index contributed by atoms with van der Waals surface area (Å²) in [6.45, 7) is 5.15. The molecule has 3 rings (SSSR count). The summed E-state index contributed by atoms with van der Waals surface area (Å²) in [5, 5.41) is 0. The molecule has 156 valence electrons. The Hall–Kier alpha value is -2.77. The molecule has 0 aliphatic carbocycles. The molecule has 0 radical (unpaired) electrons. The van der Waals surface area contributed by atoms with Crippen molar-refractivity contribution in [1.29, 1.82) is 0 Å². The number of carbonyl (C=O) groups excluding carboxylic acids is 1. The lowest BCUT2D eigenvalue weighted by atomic mass is 10.2. The summed E-state index contributed by atoms with van der Waals surface area (Å²) in [6, 6.07) is 15.1. The maximum Gasteiger partial charge on any atom is 0.266 e. The third-order valence-electron chi connectivity index (χ3n) is 4.21. The van der Waals surface area contributed by atoms with Gasteiger partial charge in [-0.1, -0.05) is 48.3 Å². The fourth-order valence-corrected chi connectivity index (χ4v) is 4.04. The van der Waals surface area contributed by atoms with Crippen molar-refractivity contribution in [3.8, 4) is 17.2 Å². The van der Waals surface area contributed by atoms with Gasteiger partial charge in [0.15, 0.2) is 0 Å². The second-order valence-corrected chi connectivity index (χ2v) is 8.06. The van der Waals surface area contributed by atoms with E-state index in [1.165, 1.54) is 11.8 Å². The standard InChI is InChI=1S/C23H23NO4S2/c1-3-11-24-22(25)21(30-23(24)29)15-17-7-4-9-19(14-17)27-12-6-13-28-20-10-5-8-18(16-20)26-2/h3-5,7-10,14-16H,1,6,11-13H2,2H3/b21-15+. The first kappa shape index (κ1) is 21.9. The number of amides is 1. The predicted octanol–water partition coefficient (Wildman–Crippen LogP) is 4.93. The van der Waals surface area contributed by atoms with Crippen LogP contribution in [0.3, 0.4) is 0 Å². The van der Waals surface area contributed by atoms with Crippen LogP contribution in [0, 0.1) is 0 Å². The van der Waals surface area contributed by atoms with E-state index in [1.807, 2.05) is 54.6 Å². The Kier molecular flexibility index (Phi) is 7.93. The molecule has 30 heavy (non-hydrogen) atoms. The van der Waals surface area contributed by atoms with Crippen LogP contribution in [-0.4, -0.2) is 42.0 Å². The molecule has 0 aromatic heterocycles. The van der Waals surface area contributed by atoms with Gasteiger partial charge in [-0.2, -0.15) is 0 Å². The van der Waals surface area contributed by atoms with Gasteiger partial charge in [0.25, 0.3) is 5.91 Å². The van der Waals surface area contributed by atoms with Gasteiger partial charge in [0.05, 0.1) is 25.2 Å². The second-order valence-electron chi connectivity index (χ2n) is 6.38. The SMILES string of the molecule is C=CCN1C(=O)/C(=C\c2cccc(OCCCOc3cccc(OC)c3)c2)SC1=S. The number of carbonyl (C=O) groups is 1. The summed E-state index contributed by atoms with van der Waals surface area (Å²) in [7, 11) is 1.63. The average Bonchev–Trinajstić information content (AvgIpc) is 3.01. The van der Waals surface area contributed by atoms with E-state index < -0.39 is 0 Å². The first-order valence-corrected chi connectivity index (χ1v) is 10.7. The molecular weight excluding hydrogens is 418 g/mol. The van der Waals surface area contributed by atoms with Crippen LogP contribution < -0.4 is 14.2 Å². The van der Waals surface area contributed by atoms with Crippen LogP contribution in [-0.2, 0) is 4.79 Å². The molecule has 1 saturated heterocycles. The van der Waals surface area contributed by atoms with E-state index in [-0.39, 0.29) is 5.91 Å². The number of benzene rings is 2. The maximum atomic E-state index is 12.4. The molecule has 1 heterocycles. The highest BCUT2D eigenvalue weighted by molar-refractivity contribution is 8.26. The summed E-state index contributed by atoms with van der Waals surface area (Å²) in [6.07, 6.45) is 4.24.